The highest BCUT2D eigenvalue weighted by Crippen LogP contribution is 2.27. The summed E-state index contributed by atoms with van der Waals surface area (Å²) in [6.07, 6.45) is 4.52. The van der Waals surface area contributed by atoms with Crippen LogP contribution < -0.4 is 5.32 Å². The molecule has 5 nitrogen and oxygen atoms in total. The van der Waals surface area contributed by atoms with Crippen LogP contribution in [0.15, 0.2) is 29.3 Å². The number of nitrogens with zero attached hydrogens (tertiary/aromatic N) is 2. The first kappa shape index (κ1) is 11.4. The van der Waals surface area contributed by atoms with E-state index in [4.69, 9.17) is 0 Å². The summed E-state index contributed by atoms with van der Waals surface area (Å²) in [6.45, 7) is 0. The predicted molar refractivity (Wildman–Crippen MR) is 68.0 cm³/mol. The Kier molecular flexibility index (Phi) is 2.66. The van der Waals surface area contributed by atoms with Crippen molar-refractivity contribution in [2.75, 3.05) is 0 Å². The van der Waals surface area contributed by atoms with Gasteiger partial charge >= 0.3 is 0 Å². The van der Waals surface area contributed by atoms with Crippen molar-refractivity contribution < 1.29 is 9.59 Å². The molecule has 92 valence electrons. The Morgan fingerprint density at radius 1 is 1.44 bits per heavy atom. The summed E-state index contributed by atoms with van der Waals surface area (Å²) in [5.74, 6) is -0.663. The van der Waals surface area contributed by atoms with Gasteiger partial charge in [0.15, 0.2) is 0 Å². The maximum absolute atomic E-state index is 11.8. The Morgan fingerprint density at radius 2 is 2.28 bits per heavy atom. The number of carbonyl (C=O) groups is 2. The molecule has 3 heterocycles. The van der Waals surface area contributed by atoms with Gasteiger partial charge in [-0.05, 0) is 40.0 Å². The first-order valence-electron chi connectivity index (χ1n) is 5.61. The minimum Gasteiger partial charge on any atom is -0.305 e. The monoisotopic (exact) mass is 307 g/mol. The topological polar surface area (TPSA) is 63.5 Å². The molecule has 0 radical (unpaired) electrons. The standard InChI is InChI=1S/C12H10BrN3O2/c13-11-9-5-7(3-4-16(9)6-14-11)8-1-2-10(17)15-12(8)18/h3-6,8H,1-2H2,(H,15,17,18). The lowest BCUT2D eigenvalue weighted by Gasteiger charge is -2.21. The average molecular weight is 308 g/mol. The van der Waals surface area contributed by atoms with Crippen molar-refractivity contribution in [3.8, 4) is 0 Å². The zero-order chi connectivity index (χ0) is 12.7. The summed E-state index contributed by atoms with van der Waals surface area (Å²) in [4.78, 5) is 27.1. The van der Waals surface area contributed by atoms with Crippen molar-refractivity contribution in [1.29, 1.82) is 0 Å². The Labute approximate surface area is 111 Å². The van der Waals surface area contributed by atoms with Crippen LogP contribution in [0, 0.1) is 0 Å². The highest BCUT2D eigenvalue weighted by atomic mass is 79.9. The Hall–Kier alpha value is -1.69. The van der Waals surface area contributed by atoms with Crippen LogP contribution in [0.25, 0.3) is 5.52 Å². The maximum Gasteiger partial charge on any atom is 0.234 e. The minimum atomic E-state index is -0.255. The van der Waals surface area contributed by atoms with Gasteiger partial charge in [-0.2, -0.15) is 0 Å². The zero-order valence-corrected chi connectivity index (χ0v) is 11.0. The smallest absolute Gasteiger partial charge is 0.234 e. The molecule has 0 saturated carbocycles. The molecule has 2 amide bonds. The number of aromatic nitrogens is 2. The largest absolute Gasteiger partial charge is 0.305 e. The van der Waals surface area contributed by atoms with Crippen molar-refractivity contribution in [3.05, 3.63) is 34.8 Å². The first-order valence-corrected chi connectivity index (χ1v) is 6.40. The molecule has 3 rings (SSSR count). The number of rotatable bonds is 1. The van der Waals surface area contributed by atoms with Crippen molar-refractivity contribution in [2.24, 2.45) is 0 Å². The Bertz CT molecular complexity index is 650. The van der Waals surface area contributed by atoms with Crippen LogP contribution in [0.3, 0.4) is 0 Å². The van der Waals surface area contributed by atoms with Gasteiger partial charge in [0.2, 0.25) is 11.8 Å². The molecule has 18 heavy (non-hydrogen) atoms. The SMILES string of the molecule is O=C1CCC(c2ccn3cnc(Br)c3c2)C(=O)N1. The number of carbonyl (C=O) groups excluding carboxylic acids is 2. The van der Waals surface area contributed by atoms with Crippen LogP contribution in [0.5, 0.6) is 0 Å². The number of imidazole rings is 1. The molecule has 1 N–H and O–H groups in total. The van der Waals surface area contributed by atoms with Crippen LogP contribution in [0.1, 0.15) is 24.3 Å². The lowest BCUT2D eigenvalue weighted by atomic mass is 9.91. The highest BCUT2D eigenvalue weighted by molar-refractivity contribution is 9.10. The molecule has 1 aliphatic heterocycles. The molecule has 0 bridgehead atoms. The van der Waals surface area contributed by atoms with Crippen LogP contribution in [0.4, 0.5) is 0 Å². The number of piperidine rings is 1. The highest BCUT2D eigenvalue weighted by Gasteiger charge is 2.28. The number of pyridine rings is 1. The molecule has 1 fully saturated rings. The van der Waals surface area contributed by atoms with E-state index in [2.05, 4.69) is 26.2 Å². The number of fused-ring (bicyclic) bond motifs is 1. The van der Waals surface area contributed by atoms with E-state index in [0.29, 0.717) is 12.8 Å². The van der Waals surface area contributed by atoms with Gasteiger partial charge in [-0.1, -0.05) is 0 Å². The third-order valence-corrected chi connectivity index (χ3v) is 3.77. The minimum absolute atomic E-state index is 0.192. The van der Waals surface area contributed by atoms with Gasteiger partial charge in [-0.25, -0.2) is 4.98 Å². The van der Waals surface area contributed by atoms with Crippen molar-refractivity contribution in [2.45, 2.75) is 18.8 Å². The molecule has 1 unspecified atom stereocenters. The summed E-state index contributed by atoms with van der Waals surface area (Å²) in [5.41, 5.74) is 1.82. The molecule has 0 spiro atoms. The van der Waals surface area contributed by atoms with E-state index in [0.717, 1.165) is 15.7 Å². The van der Waals surface area contributed by atoms with E-state index in [1.165, 1.54) is 0 Å². The summed E-state index contributed by atoms with van der Waals surface area (Å²) >= 11 is 3.36. The molecule has 1 saturated heterocycles. The first-order chi connectivity index (χ1) is 8.65. The van der Waals surface area contributed by atoms with Gasteiger partial charge < -0.3 is 4.40 Å². The van der Waals surface area contributed by atoms with Gasteiger partial charge in [0.1, 0.15) is 10.9 Å². The van der Waals surface area contributed by atoms with Gasteiger partial charge in [0.25, 0.3) is 0 Å². The van der Waals surface area contributed by atoms with E-state index in [1.807, 2.05) is 22.7 Å². The Balaban J connectivity index is 2.01. The predicted octanol–water partition coefficient (Wildman–Crippen LogP) is 1.62. The van der Waals surface area contributed by atoms with Gasteiger partial charge in [-0.3, -0.25) is 14.9 Å². The molecule has 2 aromatic rings. The molecule has 0 aromatic carbocycles. The lowest BCUT2D eigenvalue weighted by molar-refractivity contribution is -0.134. The third-order valence-electron chi connectivity index (χ3n) is 3.16. The Morgan fingerprint density at radius 3 is 3.06 bits per heavy atom. The van der Waals surface area contributed by atoms with Crippen LogP contribution >= 0.6 is 15.9 Å². The van der Waals surface area contributed by atoms with Gasteiger partial charge in [-0.15, -0.1) is 0 Å². The molecular formula is C12H10BrN3O2. The molecule has 0 aliphatic carbocycles. The second-order valence-electron chi connectivity index (χ2n) is 4.29. The van der Waals surface area contributed by atoms with E-state index < -0.39 is 0 Å². The summed E-state index contributed by atoms with van der Waals surface area (Å²) < 4.78 is 2.62. The van der Waals surface area contributed by atoms with Crippen molar-refractivity contribution in [3.63, 3.8) is 0 Å². The molecular weight excluding hydrogens is 298 g/mol. The van der Waals surface area contributed by atoms with E-state index in [9.17, 15) is 9.59 Å². The number of halogens is 1. The normalized spacial score (nSPS) is 20.2. The average Bonchev–Trinajstić information content (AvgIpc) is 2.71. The lowest BCUT2D eigenvalue weighted by Crippen LogP contribution is -2.39. The maximum atomic E-state index is 11.8. The van der Waals surface area contributed by atoms with Crippen molar-refractivity contribution in [1.82, 2.24) is 14.7 Å². The zero-order valence-electron chi connectivity index (χ0n) is 9.39. The fraction of sp³-hybridized carbons (Fsp3) is 0.250. The molecule has 1 atom stereocenters. The van der Waals surface area contributed by atoms with Crippen LogP contribution in [-0.4, -0.2) is 21.2 Å². The molecule has 1 aliphatic rings. The fourth-order valence-corrected chi connectivity index (χ4v) is 2.61. The van der Waals surface area contributed by atoms with Crippen LogP contribution in [-0.2, 0) is 9.59 Å². The second-order valence-corrected chi connectivity index (χ2v) is 5.04. The number of nitrogens with one attached hydrogen (secondary N) is 1. The van der Waals surface area contributed by atoms with Gasteiger partial charge in [0, 0.05) is 12.6 Å². The molecule has 2 aromatic heterocycles. The number of imide groups is 1. The molecule has 6 heteroatoms. The van der Waals surface area contributed by atoms with Gasteiger partial charge in [0.05, 0.1) is 11.4 Å². The summed E-state index contributed by atoms with van der Waals surface area (Å²) in [5, 5.41) is 2.37. The van der Waals surface area contributed by atoms with E-state index >= 15 is 0 Å². The van der Waals surface area contributed by atoms with E-state index in [1.54, 1.807) is 6.33 Å². The number of hydrogen-bond acceptors (Lipinski definition) is 3. The second kappa shape index (κ2) is 4.20. The summed E-state index contributed by atoms with van der Waals surface area (Å²) in [6, 6.07) is 3.82. The number of hydrogen-bond donors (Lipinski definition) is 1. The van der Waals surface area contributed by atoms with Crippen molar-refractivity contribution >= 4 is 33.3 Å². The van der Waals surface area contributed by atoms with E-state index in [-0.39, 0.29) is 17.7 Å². The van der Waals surface area contributed by atoms with Crippen LogP contribution in [0.2, 0.25) is 0 Å². The fourth-order valence-electron chi connectivity index (χ4n) is 2.20. The third kappa shape index (κ3) is 1.82. The number of amides is 2. The quantitative estimate of drug-likeness (QED) is 0.814. The summed E-state index contributed by atoms with van der Waals surface area (Å²) in [7, 11) is 0.